The number of thiazole rings is 1. The minimum atomic E-state index is 0.0545. The van der Waals surface area contributed by atoms with Crippen molar-refractivity contribution in [1.29, 1.82) is 0 Å². The Labute approximate surface area is 202 Å². The number of nitrogens with zero attached hydrogens (tertiary/aromatic N) is 3. The number of halogens is 1. The lowest BCUT2D eigenvalue weighted by atomic mass is 10.3. The molecule has 0 fully saturated rings. The van der Waals surface area contributed by atoms with Gasteiger partial charge in [-0.15, -0.1) is 11.8 Å². The predicted octanol–water partition coefficient (Wildman–Crippen LogP) is 5.43. The molecule has 0 N–H and O–H groups in total. The lowest BCUT2D eigenvalue weighted by Crippen LogP contribution is -2.33. The Balaban J connectivity index is 1.74. The SMILES string of the molecule is COc1ccc(SCCC(=O)N(CCCN(C)C)c2nc3c(OC)ccc(Cl)c3s2)cc1. The molecule has 172 valence electrons. The van der Waals surface area contributed by atoms with E-state index in [1.807, 2.05) is 38.4 Å². The van der Waals surface area contributed by atoms with E-state index in [1.165, 1.54) is 11.3 Å². The molecule has 1 heterocycles. The zero-order chi connectivity index (χ0) is 23.1. The van der Waals surface area contributed by atoms with Gasteiger partial charge in [0.05, 0.1) is 23.9 Å². The van der Waals surface area contributed by atoms with Gasteiger partial charge in [-0.1, -0.05) is 22.9 Å². The van der Waals surface area contributed by atoms with Crippen molar-refractivity contribution in [2.24, 2.45) is 0 Å². The van der Waals surface area contributed by atoms with Crippen molar-refractivity contribution in [3.05, 3.63) is 41.4 Å². The summed E-state index contributed by atoms with van der Waals surface area (Å²) < 4.78 is 11.5. The maximum Gasteiger partial charge on any atom is 0.229 e. The fourth-order valence-corrected chi connectivity index (χ4v) is 5.30. The van der Waals surface area contributed by atoms with E-state index in [4.69, 9.17) is 26.1 Å². The first kappa shape index (κ1) is 24.6. The summed E-state index contributed by atoms with van der Waals surface area (Å²) in [5, 5.41) is 1.27. The van der Waals surface area contributed by atoms with Crippen molar-refractivity contribution < 1.29 is 14.3 Å². The number of rotatable bonds is 11. The molecule has 3 rings (SSSR count). The number of fused-ring (bicyclic) bond motifs is 1. The Kier molecular flexibility index (Phi) is 9.04. The average Bonchev–Trinajstić information content (AvgIpc) is 3.23. The van der Waals surface area contributed by atoms with Gasteiger partial charge in [0, 0.05) is 23.6 Å². The first-order chi connectivity index (χ1) is 15.4. The summed E-state index contributed by atoms with van der Waals surface area (Å²) in [4.78, 5) is 22.9. The van der Waals surface area contributed by atoms with E-state index in [0.29, 0.717) is 40.1 Å². The highest BCUT2D eigenvalue weighted by Gasteiger charge is 2.21. The van der Waals surface area contributed by atoms with Crippen LogP contribution in [0.15, 0.2) is 41.3 Å². The van der Waals surface area contributed by atoms with Crippen molar-refractivity contribution in [3.63, 3.8) is 0 Å². The number of hydrogen-bond acceptors (Lipinski definition) is 7. The lowest BCUT2D eigenvalue weighted by Gasteiger charge is -2.21. The maximum atomic E-state index is 13.2. The molecule has 0 saturated carbocycles. The number of carbonyl (C=O) groups excluding carboxylic acids is 1. The van der Waals surface area contributed by atoms with E-state index in [9.17, 15) is 4.79 Å². The molecule has 1 amide bonds. The Morgan fingerprint density at radius 3 is 2.50 bits per heavy atom. The minimum Gasteiger partial charge on any atom is -0.497 e. The monoisotopic (exact) mass is 493 g/mol. The molecular weight excluding hydrogens is 466 g/mol. The highest BCUT2D eigenvalue weighted by atomic mass is 35.5. The summed E-state index contributed by atoms with van der Waals surface area (Å²) in [6.45, 7) is 1.49. The average molecular weight is 494 g/mol. The van der Waals surface area contributed by atoms with E-state index in [-0.39, 0.29) is 5.91 Å². The molecule has 0 atom stereocenters. The van der Waals surface area contributed by atoms with Gasteiger partial charge < -0.3 is 14.4 Å². The number of ether oxygens (including phenoxy) is 2. The third-order valence-corrected chi connectivity index (χ3v) is 7.38. The molecule has 0 spiro atoms. The van der Waals surface area contributed by atoms with Gasteiger partial charge in [-0.25, -0.2) is 4.98 Å². The van der Waals surface area contributed by atoms with Gasteiger partial charge in [-0.3, -0.25) is 9.69 Å². The van der Waals surface area contributed by atoms with Crippen LogP contribution in [-0.2, 0) is 4.79 Å². The standard InChI is InChI=1S/C23H28ClN3O3S2/c1-26(2)13-5-14-27(20(28)12-15-31-17-8-6-16(29-3)7-9-17)23-25-21-19(30-4)11-10-18(24)22(21)32-23/h6-11H,5,12-15H2,1-4H3. The van der Waals surface area contributed by atoms with Crippen LogP contribution in [0.1, 0.15) is 12.8 Å². The molecule has 3 aromatic rings. The molecule has 32 heavy (non-hydrogen) atoms. The molecule has 9 heteroatoms. The van der Waals surface area contributed by atoms with Crippen LogP contribution in [-0.4, -0.2) is 62.9 Å². The van der Waals surface area contributed by atoms with Crippen LogP contribution in [0.2, 0.25) is 5.02 Å². The van der Waals surface area contributed by atoms with E-state index in [1.54, 1.807) is 43.0 Å². The molecule has 6 nitrogen and oxygen atoms in total. The molecular formula is C23H28ClN3O3S2. The fraction of sp³-hybridized carbons (Fsp3) is 0.391. The highest BCUT2D eigenvalue weighted by molar-refractivity contribution is 7.99. The zero-order valence-electron chi connectivity index (χ0n) is 18.8. The van der Waals surface area contributed by atoms with Crippen LogP contribution >= 0.6 is 34.7 Å². The summed E-state index contributed by atoms with van der Waals surface area (Å²) in [7, 11) is 7.31. The van der Waals surface area contributed by atoms with Gasteiger partial charge in [0.15, 0.2) is 5.13 Å². The third-order valence-electron chi connectivity index (χ3n) is 4.83. The van der Waals surface area contributed by atoms with Crippen molar-refractivity contribution in [2.75, 3.05) is 52.1 Å². The van der Waals surface area contributed by atoms with Crippen molar-refractivity contribution in [1.82, 2.24) is 9.88 Å². The van der Waals surface area contributed by atoms with Crippen molar-refractivity contribution in [2.45, 2.75) is 17.7 Å². The molecule has 0 bridgehead atoms. The summed E-state index contributed by atoms with van der Waals surface area (Å²) in [6, 6.07) is 11.5. The Hall–Kier alpha value is -2.00. The van der Waals surface area contributed by atoms with Crippen LogP contribution in [0.3, 0.4) is 0 Å². The van der Waals surface area contributed by atoms with Crippen LogP contribution < -0.4 is 14.4 Å². The Bertz CT molecular complexity index is 1040. The lowest BCUT2D eigenvalue weighted by molar-refractivity contribution is -0.118. The van der Waals surface area contributed by atoms with E-state index in [0.717, 1.165) is 28.3 Å². The normalized spacial score (nSPS) is 11.2. The zero-order valence-corrected chi connectivity index (χ0v) is 21.1. The van der Waals surface area contributed by atoms with Crippen LogP contribution in [0.5, 0.6) is 11.5 Å². The number of hydrogen-bond donors (Lipinski definition) is 0. The van der Waals surface area contributed by atoms with Gasteiger partial charge in [-0.05, 0) is 63.5 Å². The van der Waals surface area contributed by atoms with Gasteiger partial charge in [0.1, 0.15) is 17.0 Å². The summed E-state index contributed by atoms with van der Waals surface area (Å²) in [5.74, 6) is 2.22. The number of aromatic nitrogens is 1. The number of anilines is 1. The topological polar surface area (TPSA) is 54.9 Å². The summed E-state index contributed by atoms with van der Waals surface area (Å²) in [5.41, 5.74) is 0.693. The second kappa shape index (κ2) is 11.7. The van der Waals surface area contributed by atoms with Gasteiger partial charge in [-0.2, -0.15) is 0 Å². The van der Waals surface area contributed by atoms with Crippen molar-refractivity contribution >= 4 is 56.0 Å². The Morgan fingerprint density at radius 1 is 1.09 bits per heavy atom. The first-order valence-corrected chi connectivity index (χ1v) is 12.5. The second-order valence-corrected chi connectivity index (χ2v) is 9.95. The van der Waals surface area contributed by atoms with E-state index < -0.39 is 0 Å². The minimum absolute atomic E-state index is 0.0545. The summed E-state index contributed by atoms with van der Waals surface area (Å²) in [6.07, 6.45) is 1.27. The van der Waals surface area contributed by atoms with Crippen LogP contribution in [0.25, 0.3) is 10.2 Å². The molecule has 0 radical (unpaired) electrons. The molecule has 2 aromatic carbocycles. The first-order valence-electron chi connectivity index (χ1n) is 10.3. The van der Waals surface area contributed by atoms with E-state index in [2.05, 4.69) is 4.90 Å². The van der Waals surface area contributed by atoms with Gasteiger partial charge >= 0.3 is 0 Å². The highest BCUT2D eigenvalue weighted by Crippen LogP contribution is 2.39. The smallest absolute Gasteiger partial charge is 0.229 e. The predicted molar refractivity (Wildman–Crippen MR) is 135 cm³/mol. The molecule has 0 aliphatic carbocycles. The Morgan fingerprint density at radius 2 is 1.84 bits per heavy atom. The molecule has 0 saturated heterocycles. The molecule has 0 aliphatic heterocycles. The number of carbonyl (C=O) groups is 1. The van der Waals surface area contributed by atoms with Crippen LogP contribution in [0, 0.1) is 0 Å². The quantitative estimate of drug-likeness (QED) is 0.332. The van der Waals surface area contributed by atoms with Crippen molar-refractivity contribution in [3.8, 4) is 11.5 Å². The van der Waals surface area contributed by atoms with Gasteiger partial charge in [0.2, 0.25) is 5.91 Å². The van der Waals surface area contributed by atoms with Gasteiger partial charge in [0.25, 0.3) is 0 Å². The number of amides is 1. The molecule has 0 aliphatic rings. The fourth-order valence-electron chi connectivity index (χ4n) is 3.16. The second-order valence-electron chi connectivity index (χ2n) is 7.40. The molecule has 0 unspecified atom stereocenters. The number of methoxy groups -OCH3 is 2. The third kappa shape index (κ3) is 6.28. The van der Waals surface area contributed by atoms with Crippen LogP contribution in [0.4, 0.5) is 5.13 Å². The molecule has 1 aromatic heterocycles. The summed E-state index contributed by atoms with van der Waals surface area (Å²) >= 11 is 9.48. The maximum absolute atomic E-state index is 13.2. The number of benzene rings is 2. The largest absolute Gasteiger partial charge is 0.497 e. The number of thioether (sulfide) groups is 1. The van der Waals surface area contributed by atoms with E-state index >= 15 is 0 Å².